The SMILES string of the molecule is CC.CC.CCCCCC(C)C.CCNC=O.Cc1cccc(S)c1. The van der Waals surface area contributed by atoms with Crippen LogP contribution in [0.5, 0.6) is 0 Å². The number of unbranched alkanes of at least 4 members (excludes halogenated alkanes) is 2. The lowest BCUT2D eigenvalue weighted by molar-refractivity contribution is -0.109. The van der Waals surface area contributed by atoms with Crippen LogP contribution in [0.2, 0.25) is 0 Å². The molecular weight excluding hydrogens is 326 g/mol. The van der Waals surface area contributed by atoms with Gasteiger partial charge in [-0.15, -0.1) is 12.6 Å². The van der Waals surface area contributed by atoms with Gasteiger partial charge in [0.25, 0.3) is 0 Å². The van der Waals surface area contributed by atoms with E-state index in [1.807, 2.05) is 52.8 Å². The number of hydrogen-bond donors (Lipinski definition) is 2. The van der Waals surface area contributed by atoms with Gasteiger partial charge in [-0.2, -0.15) is 0 Å². The molecule has 150 valence electrons. The van der Waals surface area contributed by atoms with Crippen LogP contribution in [-0.2, 0) is 4.79 Å². The standard InChI is InChI=1S/C8H18.C7H8S.C3H7NO.2C2H6/c1-4-5-6-7-8(2)3;1-6-3-2-4-7(8)5-6;1-2-4-3-5;2*1-2/h8H,4-7H2,1-3H3;2-5,8H,1H3;3H,2H2,1H3,(H,4,5);2*1-2H3. The summed E-state index contributed by atoms with van der Waals surface area (Å²) in [7, 11) is 0. The molecule has 0 spiro atoms. The van der Waals surface area contributed by atoms with Gasteiger partial charge in [-0.1, -0.05) is 91.8 Å². The Morgan fingerprint density at radius 3 is 1.88 bits per heavy atom. The number of benzene rings is 1. The summed E-state index contributed by atoms with van der Waals surface area (Å²) in [5.41, 5.74) is 1.26. The molecule has 0 aliphatic rings. The Morgan fingerprint density at radius 2 is 1.64 bits per heavy atom. The van der Waals surface area contributed by atoms with Gasteiger partial charge in [0, 0.05) is 11.4 Å². The maximum Gasteiger partial charge on any atom is 0.207 e. The Balaban J connectivity index is -0.000000123. The van der Waals surface area contributed by atoms with E-state index < -0.39 is 0 Å². The van der Waals surface area contributed by atoms with E-state index in [2.05, 4.69) is 51.7 Å². The van der Waals surface area contributed by atoms with E-state index in [1.54, 1.807) is 0 Å². The van der Waals surface area contributed by atoms with Crippen molar-refractivity contribution >= 4 is 19.0 Å². The third-order valence-electron chi connectivity index (χ3n) is 2.67. The molecule has 1 rings (SSSR count). The van der Waals surface area contributed by atoms with E-state index in [4.69, 9.17) is 0 Å². The van der Waals surface area contributed by atoms with E-state index in [0.717, 1.165) is 17.4 Å². The molecule has 0 aliphatic carbocycles. The summed E-state index contributed by atoms with van der Waals surface area (Å²) in [5, 5.41) is 2.43. The van der Waals surface area contributed by atoms with Gasteiger partial charge in [0.2, 0.25) is 6.41 Å². The van der Waals surface area contributed by atoms with Crippen molar-refractivity contribution in [3.05, 3.63) is 29.8 Å². The van der Waals surface area contributed by atoms with Crippen molar-refractivity contribution in [2.75, 3.05) is 6.54 Å². The molecule has 0 unspecified atom stereocenters. The first-order valence-electron chi connectivity index (χ1n) is 9.90. The summed E-state index contributed by atoms with van der Waals surface area (Å²) in [6.45, 7) is 19.5. The van der Waals surface area contributed by atoms with E-state index in [1.165, 1.54) is 31.2 Å². The monoisotopic (exact) mass is 371 g/mol. The highest BCUT2D eigenvalue weighted by Crippen LogP contribution is 2.07. The molecule has 0 fully saturated rings. The smallest absolute Gasteiger partial charge is 0.207 e. The fraction of sp³-hybridized carbons (Fsp3) is 0.682. The van der Waals surface area contributed by atoms with Crippen LogP contribution >= 0.6 is 12.6 Å². The first kappa shape index (κ1) is 31.8. The van der Waals surface area contributed by atoms with Crippen molar-refractivity contribution in [1.29, 1.82) is 0 Å². The van der Waals surface area contributed by atoms with Crippen LogP contribution in [0.3, 0.4) is 0 Å². The lowest BCUT2D eigenvalue weighted by Gasteiger charge is -2.00. The van der Waals surface area contributed by atoms with Gasteiger partial charge >= 0.3 is 0 Å². The molecule has 1 amide bonds. The third kappa shape index (κ3) is 39.6. The molecule has 25 heavy (non-hydrogen) atoms. The lowest BCUT2D eigenvalue weighted by Crippen LogP contribution is -2.07. The van der Waals surface area contributed by atoms with Crippen molar-refractivity contribution in [1.82, 2.24) is 5.32 Å². The van der Waals surface area contributed by atoms with Crippen LogP contribution in [-0.4, -0.2) is 13.0 Å². The van der Waals surface area contributed by atoms with Gasteiger partial charge < -0.3 is 5.32 Å². The zero-order valence-corrected chi connectivity index (χ0v) is 19.2. The quantitative estimate of drug-likeness (QED) is 0.306. The van der Waals surface area contributed by atoms with Crippen molar-refractivity contribution in [3.63, 3.8) is 0 Å². The molecule has 1 aromatic rings. The summed E-state index contributed by atoms with van der Waals surface area (Å²) < 4.78 is 0. The van der Waals surface area contributed by atoms with Gasteiger partial charge in [-0.05, 0) is 31.9 Å². The minimum absolute atomic E-state index is 0.681. The van der Waals surface area contributed by atoms with Crippen LogP contribution in [0.1, 0.15) is 86.6 Å². The fourth-order valence-corrected chi connectivity index (χ4v) is 1.80. The maximum atomic E-state index is 9.29. The Bertz CT molecular complexity index is 323. The zero-order valence-electron chi connectivity index (χ0n) is 18.4. The maximum absolute atomic E-state index is 9.29. The average molecular weight is 372 g/mol. The molecule has 0 radical (unpaired) electrons. The highest BCUT2D eigenvalue weighted by molar-refractivity contribution is 7.80. The molecule has 0 aromatic heterocycles. The highest BCUT2D eigenvalue weighted by atomic mass is 32.1. The molecule has 0 atom stereocenters. The number of amides is 1. The first-order valence-corrected chi connectivity index (χ1v) is 10.3. The number of carbonyl (C=O) groups is 1. The van der Waals surface area contributed by atoms with E-state index >= 15 is 0 Å². The molecule has 0 saturated heterocycles. The Morgan fingerprint density at radius 1 is 1.08 bits per heavy atom. The molecule has 0 heterocycles. The highest BCUT2D eigenvalue weighted by Gasteiger charge is 1.90. The molecule has 1 aromatic carbocycles. The molecule has 2 nitrogen and oxygen atoms in total. The Kier molecular flexibility index (Phi) is 39.2. The minimum Gasteiger partial charge on any atom is -0.359 e. The average Bonchev–Trinajstić information content (AvgIpc) is 2.60. The summed E-state index contributed by atoms with van der Waals surface area (Å²) in [5.74, 6) is 0.904. The van der Waals surface area contributed by atoms with Crippen LogP contribution in [0.15, 0.2) is 29.2 Å². The number of rotatable bonds is 6. The van der Waals surface area contributed by atoms with Crippen LogP contribution in [0, 0.1) is 12.8 Å². The second-order valence-electron chi connectivity index (χ2n) is 5.40. The van der Waals surface area contributed by atoms with Crippen LogP contribution in [0.25, 0.3) is 0 Å². The van der Waals surface area contributed by atoms with Gasteiger partial charge in [0.05, 0.1) is 0 Å². The normalized spacial score (nSPS) is 8.12. The summed E-state index contributed by atoms with van der Waals surface area (Å²) in [6.07, 6.45) is 6.28. The number of hydrogen-bond acceptors (Lipinski definition) is 2. The van der Waals surface area contributed by atoms with Crippen molar-refractivity contribution in [3.8, 4) is 0 Å². The zero-order chi connectivity index (χ0) is 20.5. The van der Waals surface area contributed by atoms with E-state index in [9.17, 15) is 4.79 Å². The molecule has 0 aliphatic heterocycles. The number of aryl methyl sites for hydroxylation is 1. The van der Waals surface area contributed by atoms with Crippen molar-refractivity contribution in [2.24, 2.45) is 5.92 Å². The first-order chi connectivity index (χ1) is 12.0. The topological polar surface area (TPSA) is 29.1 Å². The Labute approximate surface area is 164 Å². The largest absolute Gasteiger partial charge is 0.359 e. The predicted octanol–water partition coefficient (Wildman–Crippen LogP) is 7.31. The fourth-order valence-electron chi connectivity index (χ4n) is 1.51. The molecule has 0 saturated carbocycles. The Hall–Kier alpha value is -0.960. The van der Waals surface area contributed by atoms with Gasteiger partial charge in [-0.3, -0.25) is 4.79 Å². The van der Waals surface area contributed by atoms with Crippen LogP contribution < -0.4 is 5.32 Å². The van der Waals surface area contributed by atoms with Gasteiger partial charge in [-0.25, -0.2) is 0 Å². The molecular formula is C22H45NOS. The molecule has 3 heteroatoms. The number of nitrogens with one attached hydrogen (secondary N) is 1. The summed E-state index contributed by atoms with van der Waals surface area (Å²) in [6, 6.07) is 8.05. The second kappa shape index (κ2) is 30.9. The summed E-state index contributed by atoms with van der Waals surface area (Å²) in [4.78, 5) is 10.3. The van der Waals surface area contributed by atoms with Gasteiger partial charge in [0.15, 0.2) is 0 Å². The number of thiol groups is 1. The molecule has 1 N–H and O–H groups in total. The van der Waals surface area contributed by atoms with Crippen LogP contribution in [0.4, 0.5) is 0 Å². The van der Waals surface area contributed by atoms with Crippen molar-refractivity contribution in [2.45, 2.75) is 92.9 Å². The number of carbonyl (C=O) groups excluding carboxylic acids is 1. The lowest BCUT2D eigenvalue weighted by atomic mass is 10.1. The van der Waals surface area contributed by atoms with Gasteiger partial charge in [0.1, 0.15) is 0 Å². The minimum atomic E-state index is 0.681. The van der Waals surface area contributed by atoms with E-state index in [-0.39, 0.29) is 0 Å². The summed E-state index contributed by atoms with van der Waals surface area (Å²) >= 11 is 4.15. The second-order valence-corrected chi connectivity index (χ2v) is 5.92. The predicted molar refractivity (Wildman–Crippen MR) is 120 cm³/mol. The van der Waals surface area contributed by atoms with E-state index in [0.29, 0.717) is 6.41 Å². The molecule has 0 bridgehead atoms. The third-order valence-corrected chi connectivity index (χ3v) is 2.95. The van der Waals surface area contributed by atoms with Crippen molar-refractivity contribution < 1.29 is 4.79 Å².